The van der Waals surface area contributed by atoms with Crippen LogP contribution < -0.4 is 10.6 Å². The smallest absolute Gasteiger partial charge is 0.265 e. The van der Waals surface area contributed by atoms with Crippen LogP contribution in [-0.4, -0.2) is 29.8 Å². The summed E-state index contributed by atoms with van der Waals surface area (Å²) in [6.45, 7) is 3.15. The lowest BCUT2D eigenvalue weighted by molar-refractivity contribution is 0.102. The number of nitrogens with zero attached hydrogens (tertiary/aromatic N) is 1. The second-order valence-electron chi connectivity index (χ2n) is 7.15. The first-order valence-electron chi connectivity index (χ1n) is 9.75. The third-order valence-corrected chi connectivity index (χ3v) is 5.81. The molecule has 0 spiro atoms. The van der Waals surface area contributed by atoms with Crippen molar-refractivity contribution in [3.8, 4) is 0 Å². The summed E-state index contributed by atoms with van der Waals surface area (Å²) in [6.07, 6.45) is 2.51. The van der Waals surface area contributed by atoms with Gasteiger partial charge in [-0.2, -0.15) is 0 Å². The number of hydrogen-bond acceptors (Lipinski definition) is 4. The Kier molecular flexibility index (Phi) is 6.03. The fourth-order valence-corrected chi connectivity index (χ4v) is 4.07. The van der Waals surface area contributed by atoms with E-state index >= 15 is 0 Å². The summed E-state index contributed by atoms with van der Waals surface area (Å²) in [4.78, 5) is 27.8. The Labute approximate surface area is 174 Å². The number of benzene rings is 2. The van der Waals surface area contributed by atoms with E-state index in [-0.39, 0.29) is 11.8 Å². The molecule has 3 aromatic rings. The number of thiophene rings is 1. The van der Waals surface area contributed by atoms with Crippen molar-refractivity contribution in [2.45, 2.75) is 19.4 Å². The highest BCUT2D eigenvalue weighted by Crippen LogP contribution is 2.18. The number of hydrogen-bond donors (Lipinski definition) is 2. The predicted octanol–water partition coefficient (Wildman–Crippen LogP) is 4.85. The Hall–Kier alpha value is -2.96. The first-order valence-corrected chi connectivity index (χ1v) is 10.6. The quantitative estimate of drug-likeness (QED) is 0.616. The molecule has 148 valence electrons. The molecule has 1 aromatic heterocycles. The van der Waals surface area contributed by atoms with Gasteiger partial charge in [-0.15, -0.1) is 11.3 Å². The van der Waals surface area contributed by atoms with Gasteiger partial charge >= 0.3 is 0 Å². The number of amides is 2. The minimum Gasteiger partial charge on any atom is -0.322 e. The van der Waals surface area contributed by atoms with Crippen molar-refractivity contribution in [3.05, 3.63) is 82.0 Å². The molecule has 0 saturated carbocycles. The molecule has 29 heavy (non-hydrogen) atoms. The zero-order valence-electron chi connectivity index (χ0n) is 16.1. The summed E-state index contributed by atoms with van der Waals surface area (Å²) in [6, 6.07) is 18.6. The van der Waals surface area contributed by atoms with E-state index < -0.39 is 0 Å². The highest BCUT2D eigenvalue weighted by atomic mass is 32.1. The van der Waals surface area contributed by atoms with Gasteiger partial charge in [-0.3, -0.25) is 14.5 Å². The molecule has 0 unspecified atom stereocenters. The highest BCUT2D eigenvalue weighted by molar-refractivity contribution is 7.12. The summed E-state index contributed by atoms with van der Waals surface area (Å²) >= 11 is 1.40. The zero-order valence-corrected chi connectivity index (χ0v) is 16.9. The van der Waals surface area contributed by atoms with Gasteiger partial charge in [0.25, 0.3) is 11.8 Å². The average Bonchev–Trinajstić information content (AvgIpc) is 3.44. The minimum atomic E-state index is -0.136. The van der Waals surface area contributed by atoms with Crippen molar-refractivity contribution in [3.63, 3.8) is 0 Å². The molecule has 2 aromatic carbocycles. The number of nitrogens with one attached hydrogen (secondary N) is 2. The van der Waals surface area contributed by atoms with Crippen molar-refractivity contribution in [1.29, 1.82) is 0 Å². The van der Waals surface area contributed by atoms with Crippen LogP contribution in [0.15, 0.2) is 66.0 Å². The van der Waals surface area contributed by atoms with Gasteiger partial charge in [0.15, 0.2) is 0 Å². The fraction of sp³-hybridized carbons (Fsp3) is 0.217. The van der Waals surface area contributed by atoms with Crippen LogP contribution in [0.4, 0.5) is 11.4 Å². The van der Waals surface area contributed by atoms with E-state index in [4.69, 9.17) is 0 Å². The molecular formula is C23H23N3O2S. The monoisotopic (exact) mass is 405 g/mol. The van der Waals surface area contributed by atoms with Crippen LogP contribution in [0, 0.1) is 0 Å². The van der Waals surface area contributed by atoms with E-state index in [0.717, 1.165) is 25.2 Å². The highest BCUT2D eigenvalue weighted by Gasteiger charge is 2.13. The van der Waals surface area contributed by atoms with Gasteiger partial charge < -0.3 is 10.6 Å². The third-order valence-electron chi connectivity index (χ3n) is 4.94. The molecule has 0 aliphatic carbocycles. The summed E-state index contributed by atoms with van der Waals surface area (Å²) in [5, 5.41) is 7.65. The van der Waals surface area contributed by atoms with Gasteiger partial charge in [0.05, 0.1) is 4.88 Å². The van der Waals surface area contributed by atoms with E-state index in [1.807, 2.05) is 29.6 Å². The van der Waals surface area contributed by atoms with Crippen molar-refractivity contribution in [2.24, 2.45) is 0 Å². The van der Waals surface area contributed by atoms with Crippen LogP contribution >= 0.6 is 11.3 Å². The third kappa shape index (κ3) is 5.10. The lowest BCUT2D eigenvalue weighted by Gasteiger charge is -2.15. The second kappa shape index (κ2) is 9.03. The van der Waals surface area contributed by atoms with Crippen LogP contribution in [0.1, 0.15) is 38.4 Å². The van der Waals surface area contributed by atoms with Gasteiger partial charge in [0, 0.05) is 23.5 Å². The molecule has 4 rings (SSSR count). The Morgan fingerprint density at radius 1 is 0.862 bits per heavy atom. The Morgan fingerprint density at radius 3 is 2.21 bits per heavy atom. The molecule has 6 heteroatoms. The van der Waals surface area contributed by atoms with Crippen LogP contribution in [0.3, 0.4) is 0 Å². The van der Waals surface area contributed by atoms with Crippen LogP contribution in [-0.2, 0) is 6.54 Å². The number of carbonyl (C=O) groups excluding carboxylic acids is 2. The van der Waals surface area contributed by atoms with Gasteiger partial charge in [0.1, 0.15) is 0 Å². The summed E-state index contributed by atoms with van der Waals surface area (Å²) < 4.78 is 0. The maximum atomic E-state index is 12.6. The van der Waals surface area contributed by atoms with E-state index in [2.05, 4.69) is 21.6 Å². The predicted molar refractivity (Wildman–Crippen MR) is 118 cm³/mol. The Bertz CT molecular complexity index is 978. The molecule has 2 amide bonds. The van der Waals surface area contributed by atoms with Crippen LogP contribution in [0.2, 0.25) is 0 Å². The Balaban J connectivity index is 1.36. The molecule has 0 atom stereocenters. The van der Waals surface area contributed by atoms with E-state index in [9.17, 15) is 9.59 Å². The molecular weight excluding hydrogens is 382 g/mol. The molecule has 2 heterocycles. The topological polar surface area (TPSA) is 61.4 Å². The van der Waals surface area contributed by atoms with Crippen molar-refractivity contribution in [2.75, 3.05) is 23.7 Å². The van der Waals surface area contributed by atoms with E-state index in [1.165, 1.54) is 24.2 Å². The zero-order chi connectivity index (χ0) is 20.1. The van der Waals surface area contributed by atoms with Gasteiger partial charge in [-0.25, -0.2) is 0 Å². The molecule has 2 N–H and O–H groups in total. The SMILES string of the molecule is O=C(Nc1ccc(NC(=O)c2cccs2)cc1)c1cccc(CN2CCCC2)c1. The number of likely N-dealkylation sites (tertiary alicyclic amines) is 1. The number of rotatable bonds is 6. The van der Waals surface area contributed by atoms with Crippen molar-refractivity contribution in [1.82, 2.24) is 4.90 Å². The molecule has 1 fully saturated rings. The first-order chi connectivity index (χ1) is 14.2. The van der Waals surface area contributed by atoms with Crippen LogP contribution in [0.5, 0.6) is 0 Å². The molecule has 5 nitrogen and oxygen atoms in total. The average molecular weight is 406 g/mol. The number of anilines is 2. The standard InChI is InChI=1S/C23H23N3O2S/c27-22(18-6-3-5-17(15-18)16-26-12-1-2-13-26)24-19-8-10-20(11-9-19)25-23(28)21-7-4-14-29-21/h3-11,14-15H,1-2,12-13,16H2,(H,24,27)(H,25,28). The van der Waals surface area contributed by atoms with E-state index in [0.29, 0.717) is 21.8 Å². The van der Waals surface area contributed by atoms with Gasteiger partial charge in [0.2, 0.25) is 0 Å². The van der Waals surface area contributed by atoms with Crippen LogP contribution in [0.25, 0.3) is 0 Å². The second-order valence-corrected chi connectivity index (χ2v) is 8.09. The summed E-state index contributed by atoms with van der Waals surface area (Å²) in [5.74, 6) is -0.268. The van der Waals surface area contributed by atoms with Gasteiger partial charge in [-0.1, -0.05) is 18.2 Å². The molecule has 1 saturated heterocycles. The molecule has 0 radical (unpaired) electrons. The Morgan fingerprint density at radius 2 is 1.55 bits per heavy atom. The van der Waals surface area contributed by atoms with Crippen molar-refractivity contribution >= 4 is 34.5 Å². The van der Waals surface area contributed by atoms with E-state index in [1.54, 1.807) is 30.3 Å². The largest absolute Gasteiger partial charge is 0.322 e. The summed E-state index contributed by atoms with van der Waals surface area (Å²) in [5.41, 5.74) is 3.19. The van der Waals surface area contributed by atoms with Crippen molar-refractivity contribution < 1.29 is 9.59 Å². The lowest BCUT2D eigenvalue weighted by atomic mass is 10.1. The van der Waals surface area contributed by atoms with Gasteiger partial charge in [-0.05, 0) is 79.3 Å². The molecule has 1 aliphatic heterocycles. The molecule has 0 bridgehead atoms. The normalized spacial score (nSPS) is 13.9. The maximum absolute atomic E-state index is 12.6. The fourth-order valence-electron chi connectivity index (χ4n) is 3.45. The molecule has 1 aliphatic rings. The lowest BCUT2D eigenvalue weighted by Crippen LogP contribution is -2.19. The minimum absolute atomic E-state index is 0.133. The maximum Gasteiger partial charge on any atom is 0.265 e. The summed E-state index contributed by atoms with van der Waals surface area (Å²) in [7, 11) is 0. The first kappa shape index (κ1) is 19.4. The number of carbonyl (C=O) groups is 2.